The fourth-order valence-electron chi connectivity index (χ4n) is 3.14. The second kappa shape index (κ2) is 7.23. The smallest absolute Gasteiger partial charge is 0.370 e. The molecule has 1 aromatic heterocycles. The molecule has 1 amide bonds. The van der Waals surface area contributed by atoms with E-state index in [0.717, 1.165) is 22.3 Å². The minimum atomic E-state index is -0.774. The van der Waals surface area contributed by atoms with Crippen LogP contribution in [0.2, 0.25) is 0 Å². The molecule has 27 heavy (non-hydrogen) atoms. The van der Waals surface area contributed by atoms with Gasteiger partial charge in [0.1, 0.15) is 0 Å². The van der Waals surface area contributed by atoms with Gasteiger partial charge in [-0.05, 0) is 48.2 Å². The molecule has 6 heteroatoms. The number of nitrogens with zero attached hydrogens (tertiary/aromatic N) is 1. The predicted octanol–water partition coefficient (Wildman–Crippen LogP) is 4.08. The number of hydrogen-bond donors (Lipinski definition) is 1. The molecule has 0 aliphatic carbocycles. The molecule has 4 rings (SSSR count). The molecular weight excluding hydrogens is 344 g/mol. The van der Waals surface area contributed by atoms with Gasteiger partial charge in [-0.3, -0.25) is 9.32 Å². The molecule has 140 valence electrons. The largest absolute Gasteiger partial charge is 0.542 e. The summed E-state index contributed by atoms with van der Waals surface area (Å²) in [5, 5.41) is 6.49. The van der Waals surface area contributed by atoms with E-state index in [2.05, 4.69) is 28.8 Å². The molecule has 3 aromatic rings. The maximum Gasteiger partial charge on any atom is 0.542 e. The Labute approximate surface area is 157 Å². The van der Waals surface area contributed by atoms with E-state index in [1.54, 1.807) is 0 Å². The van der Waals surface area contributed by atoms with E-state index in [4.69, 9.17) is 4.42 Å². The van der Waals surface area contributed by atoms with E-state index >= 15 is 0 Å². The van der Waals surface area contributed by atoms with Gasteiger partial charge >= 0.3 is 5.82 Å². The maximum absolute atomic E-state index is 11.4. The van der Waals surface area contributed by atoms with E-state index in [-0.39, 0.29) is 17.3 Å². The highest BCUT2D eigenvalue weighted by atomic mass is 16.6. The Morgan fingerprint density at radius 1 is 0.963 bits per heavy atom. The van der Waals surface area contributed by atoms with Crippen LogP contribution in [0.15, 0.2) is 62.3 Å². The summed E-state index contributed by atoms with van der Waals surface area (Å²) in [4.78, 5) is 22.1. The van der Waals surface area contributed by atoms with Crippen LogP contribution in [0.1, 0.15) is 55.1 Å². The minimum absolute atomic E-state index is 0.0376. The van der Waals surface area contributed by atoms with E-state index < -0.39 is 5.82 Å². The van der Waals surface area contributed by atoms with Crippen LogP contribution in [0.25, 0.3) is 11.5 Å². The Bertz CT molecular complexity index is 1010. The lowest BCUT2D eigenvalue weighted by Crippen LogP contribution is -2.32. The Kier molecular flexibility index (Phi) is 4.99. The van der Waals surface area contributed by atoms with Crippen molar-refractivity contribution in [3.8, 4) is 11.5 Å². The average Bonchev–Trinajstić information content (AvgIpc) is 3.17. The highest BCUT2D eigenvalue weighted by Crippen LogP contribution is 2.29. The number of hydrogen-bond acceptors (Lipinski definition) is 5. The van der Waals surface area contributed by atoms with Crippen molar-refractivity contribution in [2.24, 2.45) is 0 Å². The fourth-order valence-corrected chi connectivity index (χ4v) is 3.14. The van der Waals surface area contributed by atoms with Crippen molar-refractivity contribution in [3.05, 3.63) is 75.8 Å². The van der Waals surface area contributed by atoms with Crippen molar-refractivity contribution in [2.75, 3.05) is 0 Å². The number of aromatic nitrogens is 1. The third-order valence-corrected chi connectivity index (χ3v) is 4.47. The molecule has 0 unspecified atom stereocenters. The average molecular weight is 366 g/mol. The van der Waals surface area contributed by atoms with Gasteiger partial charge in [-0.15, -0.1) is 0 Å². The summed E-state index contributed by atoms with van der Waals surface area (Å²) in [5.74, 6) is -0.160. The first kappa shape index (κ1) is 18.6. The summed E-state index contributed by atoms with van der Waals surface area (Å²) < 4.78 is 9.21. The first-order chi connectivity index (χ1) is 12.8. The molecule has 0 fully saturated rings. The second-order valence-corrected chi connectivity index (χ2v) is 7.21. The van der Waals surface area contributed by atoms with Gasteiger partial charge in [0, 0.05) is 11.1 Å². The standard InChI is InChI=1S/C11H11NO3.C10H11NO/c1-7(2)8-5-3-4-6-9(8)10-12-15-11(13)14-10;1-10(2)8-6-4-3-5-7(8)9(12)11-10/h3-7H,1-2H3;3-6H,1-2H3,(H,11,12). The molecule has 2 heterocycles. The Morgan fingerprint density at radius 2 is 1.59 bits per heavy atom. The van der Waals surface area contributed by atoms with Crippen molar-refractivity contribution in [1.29, 1.82) is 0 Å². The highest BCUT2D eigenvalue weighted by molar-refractivity contribution is 5.99. The van der Waals surface area contributed by atoms with E-state index in [9.17, 15) is 9.59 Å². The van der Waals surface area contributed by atoms with Crippen LogP contribution in [0.4, 0.5) is 0 Å². The van der Waals surface area contributed by atoms with Crippen molar-refractivity contribution in [1.82, 2.24) is 10.5 Å². The Hall–Kier alpha value is -3.15. The highest BCUT2D eigenvalue weighted by Gasteiger charge is 2.33. The third kappa shape index (κ3) is 3.84. The summed E-state index contributed by atoms with van der Waals surface area (Å²) in [6.45, 7) is 8.15. The molecule has 0 spiro atoms. The van der Waals surface area contributed by atoms with Gasteiger partial charge in [0.05, 0.1) is 5.54 Å². The van der Waals surface area contributed by atoms with Crippen molar-refractivity contribution >= 4 is 5.91 Å². The fraction of sp³-hybridized carbons (Fsp3) is 0.286. The quantitative estimate of drug-likeness (QED) is 0.738. The number of fused-ring (bicyclic) bond motifs is 1. The molecular formula is C21H22N2O4. The lowest BCUT2D eigenvalue weighted by molar-refractivity contribution is 0.0940. The summed E-state index contributed by atoms with van der Waals surface area (Å²) in [6.07, 6.45) is 0. The number of rotatable bonds is 2. The first-order valence-electron chi connectivity index (χ1n) is 8.77. The van der Waals surface area contributed by atoms with Crippen LogP contribution in [0.3, 0.4) is 0 Å². The molecule has 0 saturated heterocycles. The molecule has 0 atom stereocenters. The monoisotopic (exact) mass is 366 g/mol. The van der Waals surface area contributed by atoms with Crippen LogP contribution in [-0.4, -0.2) is 11.1 Å². The topological polar surface area (TPSA) is 85.3 Å². The normalized spacial score (nSPS) is 14.3. The van der Waals surface area contributed by atoms with Gasteiger partial charge in [0.2, 0.25) is 0 Å². The summed E-state index contributed by atoms with van der Waals surface area (Å²) in [5.41, 5.74) is 3.58. The van der Waals surface area contributed by atoms with Crippen molar-refractivity contribution in [3.63, 3.8) is 0 Å². The predicted molar refractivity (Wildman–Crippen MR) is 101 cm³/mol. The van der Waals surface area contributed by atoms with Crippen LogP contribution in [0, 0.1) is 0 Å². The van der Waals surface area contributed by atoms with Crippen LogP contribution < -0.4 is 11.1 Å². The number of nitrogens with one attached hydrogen (secondary N) is 1. The van der Waals surface area contributed by atoms with Gasteiger partial charge in [-0.2, -0.15) is 0 Å². The minimum Gasteiger partial charge on any atom is -0.370 e. The summed E-state index contributed by atoms with van der Waals surface area (Å²) in [6, 6.07) is 15.4. The van der Waals surface area contributed by atoms with E-state index in [1.807, 2.05) is 62.4 Å². The molecule has 0 bridgehead atoms. The lowest BCUT2D eigenvalue weighted by Gasteiger charge is -2.18. The van der Waals surface area contributed by atoms with Gasteiger partial charge in [0.25, 0.3) is 11.8 Å². The molecule has 1 N–H and O–H groups in total. The maximum atomic E-state index is 11.4. The number of carbonyl (C=O) groups excluding carboxylic acids is 1. The number of amides is 1. The second-order valence-electron chi connectivity index (χ2n) is 7.21. The van der Waals surface area contributed by atoms with E-state index in [1.165, 1.54) is 0 Å². The molecule has 1 aliphatic rings. The molecule has 1 aliphatic heterocycles. The summed E-state index contributed by atoms with van der Waals surface area (Å²) in [7, 11) is 0. The van der Waals surface area contributed by atoms with Crippen molar-refractivity contribution in [2.45, 2.75) is 39.2 Å². The van der Waals surface area contributed by atoms with Gasteiger partial charge < -0.3 is 9.73 Å². The zero-order valence-electron chi connectivity index (χ0n) is 15.8. The van der Waals surface area contributed by atoms with Crippen molar-refractivity contribution < 1.29 is 13.7 Å². The molecule has 6 nitrogen and oxygen atoms in total. The molecule has 0 radical (unpaired) electrons. The van der Waals surface area contributed by atoms with Crippen LogP contribution in [-0.2, 0) is 5.54 Å². The third-order valence-electron chi connectivity index (χ3n) is 4.47. The lowest BCUT2D eigenvalue weighted by atomic mass is 9.95. The molecule has 0 saturated carbocycles. The molecule has 2 aromatic carbocycles. The van der Waals surface area contributed by atoms with E-state index in [0.29, 0.717) is 5.92 Å². The number of benzene rings is 2. The van der Waals surface area contributed by atoms with Gasteiger partial charge in [0.15, 0.2) is 0 Å². The van der Waals surface area contributed by atoms with Gasteiger partial charge in [-0.1, -0.05) is 50.2 Å². The Balaban J connectivity index is 0.000000159. The summed E-state index contributed by atoms with van der Waals surface area (Å²) >= 11 is 0. The Morgan fingerprint density at radius 3 is 2.19 bits per heavy atom. The zero-order chi connectivity index (χ0) is 19.6. The van der Waals surface area contributed by atoms with Crippen LogP contribution >= 0.6 is 0 Å². The zero-order valence-corrected chi connectivity index (χ0v) is 15.8. The van der Waals surface area contributed by atoms with Crippen LogP contribution in [0.5, 0.6) is 0 Å². The SMILES string of the molecule is CC(C)c1ccccc1-c1noc(=O)o1.CC1(C)NC(=O)c2ccccc21. The van der Waals surface area contributed by atoms with Gasteiger partial charge in [-0.25, -0.2) is 4.79 Å². The number of carbonyl (C=O) groups is 1. The first-order valence-corrected chi connectivity index (χ1v) is 8.77.